The zero-order valence-electron chi connectivity index (χ0n) is 30.6. The van der Waals surface area contributed by atoms with Gasteiger partial charge in [0.2, 0.25) is 0 Å². The minimum absolute atomic E-state index is 0.0314. The number of aromatic amines is 1. The average molecular weight is 714 g/mol. The standard InChI is InChI=1S/C45H51N3O5/c1-2-3-20-45(21-4-5-22-45)23-17-34(49)13-9-30-11-16-41(51)43(27-30)53-25-19-31-10-15-40(50)38(26-31)37-29-42(52)36-18-24-48-39(36)8-6-7-32-28-33(44(46)47)12-14-35(32)37/h10-12,14-18,23-24,26-28,37,44,48,50-51H,2-5,8-9,13,19-22,25,29,46-47H2,1H3. The lowest BCUT2D eigenvalue weighted by Gasteiger charge is -2.24. The van der Waals surface area contributed by atoms with Gasteiger partial charge in [0.05, 0.1) is 19.2 Å². The molecule has 0 radical (unpaired) electrons. The van der Waals surface area contributed by atoms with Gasteiger partial charge in [-0.25, -0.2) is 0 Å². The zero-order valence-corrected chi connectivity index (χ0v) is 30.6. The molecule has 0 saturated heterocycles. The third kappa shape index (κ3) is 9.29. The quantitative estimate of drug-likeness (QED) is 0.0503. The Labute approximate surface area is 312 Å². The Balaban J connectivity index is 1.15. The molecule has 276 valence electrons. The van der Waals surface area contributed by atoms with Crippen molar-refractivity contribution in [1.29, 1.82) is 0 Å². The van der Waals surface area contributed by atoms with Crippen molar-refractivity contribution in [3.05, 3.63) is 124 Å². The Bertz CT molecular complexity index is 2020. The molecule has 0 amide bonds. The van der Waals surface area contributed by atoms with Crippen LogP contribution in [0.15, 0.2) is 79.0 Å². The van der Waals surface area contributed by atoms with Crippen molar-refractivity contribution in [3.63, 3.8) is 0 Å². The normalized spacial score (nSPS) is 16.6. The number of unbranched alkanes of at least 4 members (excludes halogenated alkanes) is 1. The fraction of sp³-hybridized carbons (Fsp3) is 0.378. The molecule has 6 rings (SSSR count). The molecule has 2 aliphatic carbocycles. The molecule has 2 aliphatic rings. The second-order valence-electron chi connectivity index (χ2n) is 14.7. The number of carbonyl (C=O) groups is 2. The topological polar surface area (TPSA) is 152 Å². The summed E-state index contributed by atoms with van der Waals surface area (Å²) in [6.07, 6.45) is 15.3. The number of aromatic hydroxyl groups is 2. The highest BCUT2D eigenvalue weighted by Crippen LogP contribution is 2.44. The first-order chi connectivity index (χ1) is 25.6. The first-order valence-electron chi connectivity index (χ1n) is 19.0. The number of allylic oxidation sites excluding steroid dienone is 2. The van der Waals surface area contributed by atoms with Crippen molar-refractivity contribution in [1.82, 2.24) is 4.98 Å². The Morgan fingerprint density at radius 2 is 1.77 bits per heavy atom. The SMILES string of the molecule is CCCCC1(C=CC(=O)CCc2ccc(O)c(OCCc3ccc(O)c(C4CC(=O)c5cc[nH]c5CC#Cc5cc(C(N)N)ccc54)c3)c2)CCCC1. The number of H-pyrrole nitrogens is 1. The zero-order chi connectivity index (χ0) is 37.4. The molecular formula is C45H51N3O5. The smallest absolute Gasteiger partial charge is 0.165 e. The molecule has 1 heterocycles. The molecule has 4 aromatic rings. The van der Waals surface area contributed by atoms with Crippen LogP contribution in [0, 0.1) is 17.3 Å². The van der Waals surface area contributed by atoms with Crippen LogP contribution in [0.1, 0.15) is 126 Å². The molecule has 1 unspecified atom stereocenters. The minimum Gasteiger partial charge on any atom is -0.508 e. The molecular weight excluding hydrogens is 663 g/mol. The van der Waals surface area contributed by atoms with Crippen molar-refractivity contribution in [3.8, 4) is 29.1 Å². The highest BCUT2D eigenvalue weighted by molar-refractivity contribution is 5.98. The number of nitrogens with one attached hydrogen (secondary N) is 1. The highest BCUT2D eigenvalue weighted by atomic mass is 16.5. The van der Waals surface area contributed by atoms with Crippen LogP contribution in [0.3, 0.4) is 0 Å². The molecule has 8 heteroatoms. The van der Waals surface area contributed by atoms with E-state index in [2.05, 4.69) is 29.8 Å². The Morgan fingerprint density at radius 3 is 2.55 bits per heavy atom. The van der Waals surface area contributed by atoms with Gasteiger partial charge in [0.15, 0.2) is 23.1 Å². The van der Waals surface area contributed by atoms with E-state index in [4.69, 9.17) is 16.2 Å². The summed E-state index contributed by atoms with van der Waals surface area (Å²) < 4.78 is 6.06. The van der Waals surface area contributed by atoms with Crippen molar-refractivity contribution < 1.29 is 24.5 Å². The Hall–Kier alpha value is -5.10. The van der Waals surface area contributed by atoms with Gasteiger partial charge >= 0.3 is 0 Å². The summed E-state index contributed by atoms with van der Waals surface area (Å²) in [6, 6.07) is 18.0. The van der Waals surface area contributed by atoms with Crippen molar-refractivity contribution in [2.45, 2.75) is 96.1 Å². The number of rotatable bonds is 14. The Morgan fingerprint density at radius 1 is 1.00 bits per heavy atom. The Kier molecular flexibility index (Phi) is 12.2. The van der Waals surface area contributed by atoms with Crippen LogP contribution < -0.4 is 16.2 Å². The summed E-state index contributed by atoms with van der Waals surface area (Å²) in [5, 5.41) is 21.8. The number of phenolic OH excluding ortho intramolecular Hbond substituents is 2. The van der Waals surface area contributed by atoms with E-state index in [0.717, 1.165) is 34.4 Å². The molecule has 0 spiro atoms. The predicted octanol–water partition coefficient (Wildman–Crippen LogP) is 8.08. The van der Waals surface area contributed by atoms with Crippen molar-refractivity contribution in [2.24, 2.45) is 16.9 Å². The molecule has 8 nitrogen and oxygen atoms in total. The maximum Gasteiger partial charge on any atom is 0.165 e. The van der Waals surface area contributed by atoms with Gasteiger partial charge in [0.25, 0.3) is 0 Å². The lowest BCUT2D eigenvalue weighted by Crippen LogP contribution is -2.20. The van der Waals surface area contributed by atoms with Crippen molar-refractivity contribution in [2.75, 3.05) is 6.61 Å². The third-order valence-corrected chi connectivity index (χ3v) is 10.9. The van der Waals surface area contributed by atoms with Gasteiger partial charge < -0.3 is 31.4 Å². The number of hydrogen-bond acceptors (Lipinski definition) is 7. The third-order valence-electron chi connectivity index (χ3n) is 10.9. The van der Waals surface area contributed by atoms with Crippen LogP contribution in [-0.4, -0.2) is 33.4 Å². The number of aromatic nitrogens is 1. The lowest BCUT2D eigenvalue weighted by molar-refractivity contribution is -0.114. The van der Waals surface area contributed by atoms with Crippen LogP contribution >= 0.6 is 0 Å². The number of ketones is 2. The molecule has 0 aliphatic heterocycles. The summed E-state index contributed by atoms with van der Waals surface area (Å²) in [7, 11) is 0. The number of aryl methyl sites for hydroxylation is 1. The fourth-order valence-electron chi connectivity index (χ4n) is 7.79. The number of fused-ring (bicyclic) bond motifs is 2. The van der Waals surface area contributed by atoms with E-state index in [-0.39, 0.29) is 41.5 Å². The van der Waals surface area contributed by atoms with Crippen molar-refractivity contribution >= 4 is 11.6 Å². The van der Waals surface area contributed by atoms with Gasteiger partial charge in [-0.15, -0.1) is 0 Å². The molecule has 53 heavy (non-hydrogen) atoms. The highest BCUT2D eigenvalue weighted by Gasteiger charge is 2.31. The number of benzene rings is 3. The summed E-state index contributed by atoms with van der Waals surface area (Å²) in [5.74, 6) is 6.51. The summed E-state index contributed by atoms with van der Waals surface area (Å²) in [6.45, 7) is 2.48. The summed E-state index contributed by atoms with van der Waals surface area (Å²) >= 11 is 0. The number of hydrogen-bond donors (Lipinski definition) is 5. The first-order valence-corrected chi connectivity index (χ1v) is 19.0. The predicted molar refractivity (Wildman–Crippen MR) is 208 cm³/mol. The number of Topliss-reactive ketones (excluding diaryl/α,β-unsaturated/α-hetero) is 1. The first kappa shape index (κ1) is 37.7. The molecule has 7 N–H and O–H groups in total. The van der Waals surface area contributed by atoms with E-state index in [1.807, 2.05) is 36.4 Å². The van der Waals surface area contributed by atoms with E-state index in [1.165, 1.54) is 38.5 Å². The molecule has 3 aromatic carbocycles. The number of phenols is 2. The van der Waals surface area contributed by atoms with E-state index in [9.17, 15) is 19.8 Å². The van der Waals surface area contributed by atoms with Gasteiger partial charge in [0.1, 0.15) is 5.75 Å². The molecule has 1 aromatic heterocycles. The second-order valence-corrected chi connectivity index (χ2v) is 14.7. The lowest BCUT2D eigenvalue weighted by atomic mass is 9.80. The van der Waals surface area contributed by atoms with Gasteiger partial charge in [-0.05, 0) is 89.8 Å². The molecule has 1 atom stereocenters. The van der Waals surface area contributed by atoms with E-state index >= 15 is 0 Å². The molecule has 1 fully saturated rings. The van der Waals surface area contributed by atoms with E-state index in [0.29, 0.717) is 48.1 Å². The van der Waals surface area contributed by atoms with E-state index < -0.39 is 12.1 Å². The second kappa shape index (κ2) is 17.2. The largest absolute Gasteiger partial charge is 0.508 e. The summed E-state index contributed by atoms with van der Waals surface area (Å²) in [5.41, 5.74) is 18.2. The maximum absolute atomic E-state index is 13.7. The summed E-state index contributed by atoms with van der Waals surface area (Å²) in [4.78, 5) is 29.7. The number of carbonyl (C=O) groups excluding carboxylic acids is 2. The maximum atomic E-state index is 13.7. The number of nitrogens with two attached hydrogens (primary N) is 2. The van der Waals surface area contributed by atoms with Crippen LogP contribution in [0.2, 0.25) is 0 Å². The van der Waals surface area contributed by atoms with Gasteiger partial charge in [-0.2, -0.15) is 0 Å². The number of ether oxygens (including phenoxy) is 1. The fourth-order valence-corrected chi connectivity index (χ4v) is 7.79. The average Bonchev–Trinajstić information content (AvgIpc) is 3.83. The molecule has 0 bridgehead atoms. The van der Waals surface area contributed by atoms with Gasteiger partial charge in [-0.1, -0.05) is 80.9 Å². The van der Waals surface area contributed by atoms with Gasteiger partial charge in [-0.3, -0.25) is 9.59 Å². The molecule has 1 saturated carbocycles. The van der Waals surface area contributed by atoms with Crippen LogP contribution in [0.5, 0.6) is 17.2 Å². The monoisotopic (exact) mass is 713 g/mol. The van der Waals surface area contributed by atoms with Crippen LogP contribution in [0.25, 0.3) is 0 Å². The van der Waals surface area contributed by atoms with Crippen LogP contribution in [-0.2, 0) is 24.1 Å². The van der Waals surface area contributed by atoms with E-state index in [1.54, 1.807) is 36.5 Å². The van der Waals surface area contributed by atoms with Crippen LogP contribution in [0.4, 0.5) is 0 Å². The minimum atomic E-state index is -0.682. The van der Waals surface area contributed by atoms with Gasteiger partial charge in [0, 0.05) is 53.8 Å².